The molecule has 0 radical (unpaired) electrons. The van der Waals surface area contributed by atoms with Crippen LogP contribution in [-0.4, -0.2) is 43.4 Å². The van der Waals surface area contributed by atoms with Crippen molar-refractivity contribution >= 4 is 35.0 Å². The largest absolute Gasteiger partial charge is 0.314 e. The predicted molar refractivity (Wildman–Crippen MR) is 76.5 cm³/mol. The molecule has 1 fully saturated rings. The Hall–Kier alpha value is 0.0700. The third kappa shape index (κ3) is 4.34. The van der Waals surface area contributed by atoms with Crippen molar-refractivity contribution in [1.29, 1.82) is 0 Å². The first kappa shape index (κ1) is 13.5. The summed E-state index contributed by atoms with van der Waals surface area (Å²) >= 11 is 13.8. The maximum Gasteiger partial charge on any atom is 0.0542 e. The Kier molecular flexibility index (Phi) is 5.45. The normalized spacial score (nSPS) is 17.3. The molecule has 1 aliphatic heterocycles. The van der Waals surface area contributed by atoms with Gasteiger partial charge in [-0.2, -0.15) is 0 Å². The number of nitrogens with zero attached hydrogens (tertiary/aromatic N) is 1. The topological polar surface area (TPSA) is 15.3 Å². The Morgan fingerprint density at radius 1 is 1.24 bits per heavy atom. The van der Waals surface area contributed by atoms with E-state index in [4.69, 9.17) is 23.2 Å². The van der Waals surface area contributed by atoms with E-state index in [-0.39, 0.29) is 0 Å². The van der Waals surface area contributed by atoms with Gasteiger partial charge in [0.15, 0.2) is 0 Å². The van der Waals surface area contributed by atoms with Crippen LogP contribution in [0.1, 0.15) is 0 Å². The summed E-state index contributed by atoms with van der Waals surface area (Å²) in [4.78, 5) is 3.55. The molecule has 0 unspecified atom stereocenters. The molecule has 0 spiro atoms. The van der Waals surface area contributed by atoms with E-state index in [1.807, 2.05) is 18.2 Å². The number of nitrogens with one attached hydrogen (secondary N) is 1. The average molecular weight is 291 g/mol. The van der Waals surface area contributed by atoms with Crippen LogP contribution in [0.2, 0.25) is 10.0 Å². The SMILES string of the molecule is Clc1ccc(Cl)c(SCCN2CCNCC2)c1. The van der Waals surface area contributed by atoms with Crippen LogP contribution in [0.25, 0.3) is 0 Å². The van der Waals surface area contributed by atoms with Gasteiger partial charge in [0, 0.05) is 48.4 Å². The molecule has 2 rings (SSSR count). The molecule has 0 bridgehead atoms. The van der Waals surface area contributed by atoms with Gasteiger partial charge in [-0.25, -0.2) is 0 Å². The number of thioether (sulfide) groups is 1. The second kappa shape index (κ2) is 6.86. The van der Waals surface area contributed by atoms with E-state index in [9.17, 15) is 0 Å². The summed E-state index contributed by atoms with van der Waals surface area (Å²) in [6.07, 6.45) is 0. The fraction of sp³-hybridized carbons (Fsp3) is 0.500. The Bertz CT molecular complexity index is 368. The van der Waals surface area contributed by atoms with E-state index < -0.39 is 0 Å². The first-order valence-electron chi connectivity index (χ1n) is 5.76. The number of halogens is 2. The summed E-state index contributed by atoms with van der Waals surface area (Å²) in [5, 5.41) is 4.89. The summed E-state index contributed by atoms with van der Waals surface area (Å²) in [5.41, 5.74) is 0. The minimum absolute atomic E-state index is 0.749. The Balaban J connectivity index is 1.79. The number of rotatable bonds is 4. The van der Waals surface area contributed by atoms with Crippen LogP contribution in [0.5, 0.6) is 0 Å². The summed E-state index contributed by atoms with van der Waals surface area (Å²) < 4.78 is 0. The molecule has 94 valence electrons. The fourth-order valence-electron chi connectivity index (χ4n) is 1.81. The first-order chi connectivity index (χ1) is 8.25. The van der Waals surface area contributed by atoms with E-state index in [1.54, 1.807) is 11.8 Å². The molecular weight excluding hydrogens is 275 g/mol. The van der Waals surface area contributed by atoms with Gasteiger partial charge in [0.05, 0.1) is 5.02 Å². The molecule has 1 heterocycles. The highest BCUT2D eigenvalue weighted by Crippen LogP contribution is 2.29. The Morgan fingerprint density at radius 3 is 2.76 bits per heavy atom. The molecule has 0 atom stereocenters. The monoisotopic (exact) mass is 290 g/mol. The minimum atomic E-state index is 0.749. The molecule has 0 aliphatic carbocycles. The molecule has 0 saturated carbocycles. The van der Waals surface area contributed by atoms with Crippen LogP contribution in [0.4, 0.5) is 0 Å². The van der Waals surface area contributed by atoms with Crippen molar-refractivity contribution in [2.24, 2.45) is 0 Å². The molecule has 17 heavy (non-hydrogen) atoms. The zero-order valence-corrected chi connectivity index (χ0v) is 11.9. The van der Waals surface area contributed by atoms with Gasteiger partial charge in [-0.15, -0.1) is 11.8 Å². The summed E-state index contributed by atoms with van der Waals surface area (Å²) in [6.45, 7) is 5.59. The lowest BCUT2D eigenvalue weighted by Crippen LogP contribution is -2.44. The van der Waals surface area contributed by atoms with Gasteiger partial charge in [-0.3, -0.25) is 4.90 Å². The molecule has 2 nitrogen and oxygen atoms in total. The predicted octanol–water partition coefficient (Wildman–Crippen LogP) is 2.99. The molecule has 1 N–H and O–H groups in total. The lowest BCUT2D eigenvalue weighted by atomic mass is 10.4. The second-order valence-electron chi connectivity index (χ2n) is 4.01. The summed E-state index contributed by atoms with van der Waals surface area (Å²) in [7, 11) is 0. The van der Waals surface area contributed by atoms with E-state index in [1.165, 1.54) is 0 Å². The molecule has 0 amide bonds. The maximum atomic E-state index is 6.11. The molecule has 1 saturated heterocycles. The van der Waals surface area contributed by atoms with Crippen LogP contribution >= 0.6 is 35.0 Å². The van der Waals surface area contributed by atoms with Gasteiger partial charge < -0.3 is 5.32 Å². The van der Waals surface area contributed by atoms with Crippen LogP contribution in [-0.2, 0) is 0 Å². The minimum Gasteiger partial charge on any atom is -0.314 e. The van der Waals surface area contributed by atoms with Crippen molar-refractivity contribution in [2.45, 2.75) is 4.90 Å². The lowest BCUT2D eigenvalue weighted by molar-refractivity contribution is 0.255. The smallest absolute Gasteiger partial charge is 0.0542 e. The van der Waals surface area contributed by atoms with Crippen LogP contribution in [0, 0.1) is 0 Å². The Labute approximate surface area is 117 Å². The highest BCUT2D eigenvalue weighted by Gasteiger charge is 2.09. The highest BCUT2D eigenvalue weighted by atomic mass is 35.5. The van der Waals surface area contributed by atoms with Crippen molar-refractivity contribution in [2.75, 3.05) is 38.5 Å². The van der Waals surface area contributed by atoms with Crippen LogP contribution < -0.4 is 5.32 Å². The molecule has 1 aromatic rings. The van der Waals surface area contributed by atoms with Crippen molar-refractivity contribution in [3.63, 3.8) is 0 Å². The molecule has 5 heteroatoms. The number of piperazine rings is 1. The quantitative estimate of drug-likeness (QED) is 0.859. The zero-order chi connectivity index (χ0) is 12.1. The maximum absolute atomic E-state index is 6.11. The van der Waals surface area contributed by atoms with E-state index in [2.05, 4.69) is 10.2 Å². The van der Waals surface area contributed by atoms with Gasteiger partial charge in [0.25, 0.3) is 0 Å². The van der Waals surface area contributed by atoms with Crippen LogP contribution in [0.3, 0.4) is 0 Å². The van der Waals surface area contributed by atoms with Gasteiger partial charge in [-0.1, -0.05) is 23.2 Å². The third-order valence-corrected chi connectivity index (χ3v) is 4.48. The molecule has 1 aliphatic rings. The van der Waals surface area contributed by atoms with Gasteiger partial charge in [-0.05, 0) is 18.2 Å². The van der Waals surface area contributed by atoms with Crippen molar-refractivity contribution in [3.05, 3.63) is 28.2 Å². The second-order valence-corrected chi connectivity index (χ2v) is 6.00. The van der Waals surface area contributed by atoms with E-state index in [0.29, 0.717) is 0 Å². The molecule has 1 aromatic carbocycles. The van der Waals surface area contributed by atoms with Crippen molar-refractivity contribution in [1.82, 2.24) is 10.2 Å². The van der Waals surface area contributed by atoms with Gasteiger partial charge in [0.1, 0.15) is 0 Å². The van der Waals surface area contributed by atoms with Crippen LogP contribution in [0.15, 0.2) is 23.1 Å². The van der Waals surface area contributed by atoms with Gasteiger partial charge >= 0.3 is 0 Å². The van der Waals surface area contributed by atoms with Gasteiger partial charge in [0.2, 0.25) is 0 Å². The zero-order valence-electron chi connectivity index (χ0n) is 9.59. The summed E-state index contributed by atoms with van der Waals surface area (Å²) in [5.74, 6) is 1.06. The Morgan fingerprint density at radius 2 is 2.00 bits per heavy atom. The summed E-state index contributed by atoms with van der Waals surface area (Å²) in [6, 6.07) is 5.62. The highest BCUT2D eigenvalue weighted by molar-refractivity contribution is 7.99. The van der Waals surface area contributed by atoms with Crippen molar-refractivity contribution in [3.8, 4) is 0 Å². The third-order valence-electron chi connectivity index (χ3n) is 2.77. The van der Waals surface area contributed by atoms with E-state index in [0.717, 1.165) is 53.4 Å². The van der Waals surface area contributed by atoms with Crippen molar-refractivity contribution < 1.29 is 0 Å². The number of benzene rings is 1. The lowest BCUT2D eigenvalue weighted by Gasteiger charge is -2.26. The average Bonchev–Trinajstić information content (AvgIpc) is 2.35. The molecule has 0 aromatic heterocycles. The molecular formula is C12H16Cl2N2S. The fourth-order valence-corrected chi connectivity index (χ4v) is 3.31. The number of hydrogen-bond acceptors (Lipinski definition) is 3. The number of hydrogen-bond donors (Lipinski definition) is 1. The van der Waals surface area contributed by atoms with E-state index >= 15 is 0 Å². The standard InChI is InChI=1S/C12H16Cl2N2S/c13-10-1-2-11(14)12(9-10)17-8-7-16-5-3-15-4-6-16/h1-2,9,15H,3-8H2. The first-order valence-corrected chi connectivity index (χ1v) is 7.51.